The number of anilines is 1. The van der Waals surface area contributed by atoms with E-state index < -0.39 is 0 Å². The van der Waals surface area contributed by atoms with Gasteiger partial charge >= 0.3 is 0 Å². The molecule has 0 aliphatic carbocycles. The number of nitrogens with zero attached hydrogens (tertiary/aromatic N) is 2. The van der Waals surface area contributed by atoms with Crippen LogP contribution in [0.4, 0.5) is 5.13 Å². The molecular formula is C9H17N3S. The van der Waals surface area contributed by atoms with Crippen LogP contribution < -0.4 is 10.6 Å². The van der Waals surface area contributed by atoms with Crippen LogP contribution in [0.15, 0.2) is 5.38 Å². The van der Waals surface area contributed by atoms with Crippen molar-refractivity contribution in [3.8, 4) is 0 Å². The van der Waals surface area contributed by atoms with Crippen LogP contribution in [-0.2, 0) is 0 Å². The van der Waals surface area contributed by atoms with Crippen molar-refractivity contribution in [1.82, 2.24) is 4.98 Å². The molecule has 3 nitrogen and oxygen atoms in total. The predicted octanol–water partition coefficient (Wildman–Crippen LogP) is 2.01. The van der Waals surface area contributed by atoms with Gasteiger partial charge in [0.25, 0.3) is 0 Å². The fraction of sp³-hybridized carbons (Fsp3) is 0.667. The van der Waals surface area contributed by atoms with E-state index in [0.29, 0.717) is 0 Å². The Morgan fingerprint density at radius 3 is 2.85 bits per heavy atom. The fourth-order valence-electron chi connectivity index (χ4n) is 1.09. The van der Waals surface area contributed by atoms with Gasteiger partial charge in [0.2, 0.25) is 0 Å². The summed E-state index contributed by atoms with van der Waals surface area (Å²) in [5, 5.41) is 3.10. The van der Waals surface area contributed by atoms with Crippen molar-refractivity contribution >= 4 is 16.5 Å². The summed E-state index contributed by atoms with van der Waals surface area (Å²) >= 11 is 1.66. The molecule has 2 N–H and O–H groups in total. The molecule has 1 aromatic rings. The Morgan fingerprint density at radius 1 is 1.69 bits per heavy atom. The summed E-state index contributed by atoms with van der Waals surface area (Å²) in [6.45, 7) is 5.17. The molecule has 1 rings (SSSR count). The van der Waals surface area contributed by atoms with E-state index in [1.165, 1.54) is 0 Å². The topological polar surface area (TPSA) is 42.2 Å². The van der Waals surface area contributed by atoms with Crippen molar-refractivity contribution in [2.45, 2.75) is 26.3 Å². The third-order valence-corrected chi connectivity index (χ3v) is 2.84. The minimum atomic E-state index is 0.0417. The first-order chi connectivity index (χ1) is 6.15. The fourth-order valence-corrected chi connectivity index (χ4v) is 2.01. The highest BCUT2D eigenvalue weighted by molar-refractivity contribution is 7.13. The second-order valence-corrected chi connectivity index (χ2v) is 4.10. The van der Waals surface area contributed by atoms with E-state index in [2.05, 4.69) is 23.9 Å². The molecule has 0 radical (unpaired) electrons. The molecule has 74 valence electrons. The average Bonchev–Trinajstić information content (AvgIpc) is 2.52. The maximum atomic E-state index is 5.73. The van der Waals surface area contributed by atoms with Gasteiger partial charge in [-0.05, 0) is 13.3 Å². The van der Waals surface area contributed by atoms with Gasteiger partial charge in [-0.3, -0.25) is 0 Å². The lowest BCUT2D eigenvalue weighted by Gasteiger charge is -2.13. The molecule has 0 fully saturated rings. The van der Waals surface area contributed by atoms with Crippen LogP contribution in [-0.4, -0.2) is 18.6 Å². The van der Waals surface area contributed by atoms with Gasteiger partial charge in [-0.2, -0.15) is 0 Å². The van der Waals surface area contributed by atoms with Crippen molar-refractivity contribution < 1.29 is 0 Å². The number of hydrogen-bond donors (Lipinski definition) is 1. The van der Waals surface area contributed by atoms with Crippen molar-refractivity contribution in [1.29, 1.82) is 0 Å². The van der Waals surface area contributed by atoms with Crippen molar-refractivity contribution in [2.24, 2.45) is 5.73 Å². The normalized spacial score (nSPS) is 12.9. The van der Waals surface area contributed by atoms with Crippen LogP contribution in [0.3, 0.4) is 0 Å². The number of rotatable bonds is 4. The quantitative estimate of drug-likeness (QED) is 0.806. The number of nitrogens with two attached hydrogens (primary N) is 1. The molecule has 0 saturated carbocycles. The molecule has 13 heavy (non-hydrogen) atoms. The second-order valence-electron chi connectivity index (χ2n) is 3.27. The van der Waals surface area contributed by atoms with Crippen LogP contribution in [0.25, 0.3) is 0 Å². The Balaban J connectivity index is 2.67. The molecule has 0 aliphatic rings. The smallest absolute Gasteiger partial charge is 0.185 e. The summed E-state index contributed by atoms with van der Waals surface area (Å²) in [5.74, 6) is 0. The average molecular weight is 199 g/mol. The largest absolute Gasteiger partial charge is 0.351 e. The van der Waals surface area contributed by atoms with Gasteiger partial charge in [0, 0.05) is 25.0 Å². The zero-order valence-corrected chi connectivity index (χ0v) is 9.27. The molecule has 4 heteroatoms. The zero-order chi connectivity index (χ0) is 9.84. The Bertz CT molecular complexity index is 257. The van der Waals surface area contributed by atoms with Gasteiger partial charge in [0.15, 0.2) is 5.13 Å². The SMILES string of the molecule is CCCN(C)c1nc(C(C)N)cs1. The van der Waals surface area contributed by atoms with E-state index in [1.54, 1.807) is 11.3 Å². The van der Waals surface area contributed by atoms with Crippen molar-refractivity contribution in [3.05, 3.63) is 11.1 Å². The van der Waals surface area contributed by atoms with Gasteiger partial charge in [-0.15, -0.1) is 11.3 Å². The standard InChI is InChI=1S/C9H17N3S/c1-4-5-12(3)9-11-8(6-13-9)7(2)10/h6-7H,4-5,10H2,1-3H3. The Labute approximate surface area is 83.6 Å². The molecular weight excluding hydrogens is 182 g/mol. The molecule has 0 aliphatic heterocycles. The number of thiazole rings is 1. The van der Waals surface area contributed by atoms with Crippen LogP contribution in [0.2, 0.25) is 0 Å². The maximum absolute atomic E-state index is 5.73. The minimum absolute atomic E-state index is 0.0417. The molecule has 1 atom stereocenters. The molecule has 1 heterocycles. The van der Waals surface area contributed by atoms with Gasteiger partial charge in [0.1, 0.15) is 0 Å². The Morgan fingerprint density at radius 2 is 2.38 bits per heavy atom. The molecule has 0 bridgehead atoms. The van der Waals surface area contributed by atoms with Crippen LogP contribution in [0, 0.1) is 0 Å². The van der Waals surface area contributed by atoms with E-state index in [-0.39, 0.29) is 6.04 Å². The summed E-state index contributed by atoms with van der Waals surface area (Å²) < 4.78 is 0. The highest BCUT2D eigenvalue weighted by atomic mass is 32.1. The summed E-state index contributed by atoms with van der Waals surface area (Å²) in [7, 11) is 2.06. The highest BCUT2D eigenvalue weighted by Crippen LogP contribution is 2.22. The van der Waals surface area contributed by atoms with Crippen LogP contribution in [0.1, 0.15) is 32.0 Å². The summed E-state index contributed by atoms with van der Waals surface area (Å²) in [6.07, 6.45) is 1.14. The third kappa shape index (κ3) is 2.67. The first-order valence-electron chi connectivity index (χ1n) is 4.57. The second kappa shape index (κ2) is 4.58. The minimum Gasteiger partial charge on any atom is -0.351 e. The van der Waals surface area contributed by atoms with Crippen molar-refractivity contribution in [3.63, 3.8) is 0 Å². The zero-order valence-electron chi connectivity index (χ0n) is 8.45. The third-order valence-electron chi connectivity index (χ3n) is 1.86. The van der Waals surface area contributed by atoms with Gasteiger partial charge in [0.05, 0.1) is 5.69 Å². The summed E-state index contributed by atoms with van der Waals surface area (Å²) in [6, 6.07) is 0.0417. The lowest BCUT2D eigenvalue weighted by molar-refractivity contribution is 0.780. The van der Waals surface area contributed by atoms with Crippen LogP contribution >= 0.6 is 11.3 Å². The van der Waals surface area contributed by atoms with Gasteiger partial charge in [-0.25, -0.2) is 4.98 Å². The first-order valence-corrected chi connectivity index (χ1v) is 5.45. The summed E-state index contributed by atoms with van der Waals surface area (Å²) in [4.78, 5) is 6.61. The summed E-state index contributed by atoms with van der Waals surface area (Å²) in [5.41, 5.74) is 6.72. The number of hydrogen-bond acceptors (Lipinski definition) is 4. The Kier molecular flexibility index (Phi) is 3.69. The van der Waals surface area contributed by atoms with E-state index >= 15 is 0 Å². The monoisotopic (exact) mass is 199 g/mol. The van der Waals surface area contributed by atoms with E-state index in [4.69, 9.17) is 5.73 Å². The lowest BCUT2D eigenvalue weighted by Crippen LogP contribution is -2.17. The molecule has 0 saturated heterocycles. The van der Waals surface area contributed by atoms with E-state index in [9.17, 15) is 0 Å². The number of aromatic nitrogens is 1. The van der Waals surface area contributed by atoms with Gasteiger partial charge in [-0.1, -0.05) is 6.92 Å². The first kappa shape index (κ1) is 10.5. The van der Waals surface area contributed by atoms with E-state index in [1.807, 2.05) is 12.3 Å². The van der Waals surface area contributed by atoms with Gasteiger partial charge < -0.3 is 10.6 Å². The van der Waals surface area contributed by atoms with Crippen molar-refractivity contribution in [2.75, 3.05) is 18.5 Å². The maximum Gasteiger partial charge on any atom is 0.185 e. The molecule has 1 aromatic heterocycles. The lowest BCUT2D eigenvalue weighted by atomic mass is 10.3. The molecule has 0 spiro atoms. The molecule has 0 aromatic carbocycles. The molecule has 1 unspecified atom stereocenters. The highest BCUT2D eigenvalue weighted by Gasteiger charge is 2.08. The van der Waals surface area contributed by atoms with Crippen LogP contribution in [0.5, 0.6) is 0 Å². The Hall–Kier alpha value is -0.610. The van der Waals surface area contributed by atoms with E-state index in [0.717, 1.165) is 23.8 Å². The predicted molar refractivity (Wildman–Crippen MR) is 58.3 cm³/mol. The molecule has 0 amide bonds.